The highest BCUT2D eigenvalue weighted by Gasteiger charge is 2.57. The fraction of sp³-hybridized carbons (Fsp3) is 0.500. The lowest BCUT2D eigenvalue weighted by Crippen LogP contribution is -2.38. The second-order valence-electron chi connectivity index (χ2n) is 9.98. The number of para-hydroxylation sites is 1. The first-order valence-electron chi connectivity index (χ1n) is 12.0. The lowest BCUT2D eigenvalue weighted by atomic mass is 9.63. The minimum atomic E-state index is -3.79. The lowest BCUT2D eigenvalue weighted by Gasteiger charge is -2.39. The van der Waals surface area contributed by atoms with E-state index in [1.165, 1.54) is 0 Å². The number of allylic oxidation sites excluding steroid dienone is 2. The van der Waals surface area contributed by atoms with E-state index in [0.717, 1.165) is 32.1 Å². The van der Waals surface area contributed by atoms with Gasteiger partial charge in [-0.1, -0.05) is 49.6 Å². The van der Waals surface area contributed by atoms with E-state index in [1.807, 2.05) is 6.07 Å². The van der Waals surface area contributed by atoms with Gasteiger partial charge in [0.2, 0.25) is 0 Å². The quantitative estimate of drug-likeness (QED) is 0.379. The second-order valence-corrected chi connectivity index (χ2v) is 11.8. The molecule has 2 bridgehead atoms. The van der Waals surface area contributed by atoms with Gasteiger partial charge in [-0.05, 0) is 49.7 Å². The average molecular weight is 466 g/mol. The standard InChI is InChI=1S/C26H27NO5S/c28-25-21-15-9-10-16(12-11-15)22(21)26(29)23(25)19-14-13-17-5-4-8-20(24(17)27-19)32-33(30,31)18-6-2-1-3-7-18/h4-5,8-10,13-16,18,21-23H,1-3,6-7,11-12H2. The Morgan fingerprint density at radius 1 is 0.818 bits per heavy atom. The van der Waals surface area contributed by atoms with E-state index >= 15 is 0 Å². The molecule has 1 aromatic heterocycles. The van der Waals surface area contributed by atoms with E-state index < -0.39 is 21.3 Å². The Morgan fingerprint density at radius 3 is 2.12 bits per heavy atom. The molecule has 6 nitrogen and oxygen atoms in total. The van der Waals surface area contributed by atoms with Gasteiger partial charge in [0.05, 0.1) is 10.9 Å². The van der Waals surface area contributed by atoms with Crippen LogP contribution in [0.4, 0.5) is 0 Å². The Morgan fingerprint density at radius 2 is 1.48 bits per heavy atom. The van der Waals surface area contributed by atoms with Gasteiger partial charge in [-0.15, -0.1) is 0 Å². The summed E-state index contributed by atoms with van der Waals surface area (Å²) in [5.74, 6) is -1.01. The maximum atomic E-state index is 13.4. The molecule has 172 valence electrons. The number of nitrogens with zero attached hydrogens (tertiary/aromatic N) is 1. The first-order valence-corrected chi connectivity index (χ1v) is 13.5. The van der Waals surface area contributed by atoms with Gasteiger partial charge in [-0.25, -0.2) is 4.98 Å². The average Bonchev–Trinajstić information content (AvgIpc) is 3.12. The zero-order valence-corrected chi connectivity index (χ0v) is 19.2. The molecule has 1 heterocycles. The topological polar surface area (TPSA) is 90.4 Å². The third-order valence-electron chi connectivity index (χ3n) is 8.14. The van der Waals surface area contributed by atoms with Crippen molar-refractivity contribution in [3.8, 4) is 5.75 Å². The maximum absolute atomic E-state index is 13.4. The molecule has 5 aliphatic rings. The van der Waals surface area contributed by atoms with Crippen molar-refractivity contribution >= 4 is 32.6 Å². The van der Waals surface area contributed by atoms with E-state index in [-0.39, 0.29) is 41.0 Å². The van der Waals surface area contributed by atoms with Crippen molar-refractivity contribution < 1.29 is 22.2 Å². The number of ketones is 2. The molecule has 1 aromatic carbocycles. The number of benzene rings is 1. The molecular weight excluding hydrogens is 438 g/mol. The van der Waals surface area contributed by atoms with Crippen molar-refractivity contribution in [3.05, 3.63) is 48.2 Å². The molecule has 7 heteroatoms. The molecule has 5 aliphatic carbocycles. The first-order chi connectivity index (χ1) is 15.9. The summed E-state index contributed by atoms with van der Waals surface area (Å²) in [5.41, 5.74) is 0.781. The molecule has 0 N–H and O–H groups in total. The van der Waals surface area contributed by atoms with E-state index in [1.54, 1.807) is 24.3 Å². The summed E-state index contributed by atoms with van der Waals surface area (Å²) >= 11 is 0. The van der Waals surface area contributed by atoms with Crippen molar-refractivity contribution in [2.24, 2.45) is 23.7 Å². The van der Waals surface area contributed by atoms with Crippen LogP contribution in [0, 0.1) is 23.7 Å². The van der Waals surface area contributed by atoms with Crippen LogP contribution in [0.5, 0.6) is 5.75 Å². The fourth-order valence-corrected chi connectivity index (χ4v) is 7.93. The van der Waals surface area contributed by atoms with E-state index in [0.29, 0.717) is 29.4 Å². The summed E-state index contributed by atoms with van der Waals surface area (Å²) in [4.78, 5) is 31.4. The van der Waals surface area contributed by atoms with Gasteiger partial charge in [0.15, 0.2) is 17.3 Å². The summed E-state index contributed by atoms with van der Waals surface area (Å²) in [7, 11) is -3.79. The van der Waals surface area contributed by atoms with Crippen molar-refractivity contribution in [2.75, 3.05) is 0 Å². The molecular formula is C26H27NO5S. The van der Waals surface area contributed by atoms with Crippen LogP contribution in [0.15, 0.2) is 42.5 Å². The normalized spacial score (nSPS) is 31.8. The van der Waals surface area contributed by atoms with Crippen LogP contribution >= 0.6 is 0 Å². The number of carbonyl (C=O) groups is 2. The lowest BCUT2D eigenvalue weighted by molar-refractivity contribution is -0.125. The van der Waals surface area contributed by atoms with Crippen molar-refractivity contribution in [3.63, 3.8) is 0 Å². The van der Waals surface area contributed by atoms with E-state index in [9.17, 15) is 18.0 Å². The van der Waals surface area contributed by atoms with E-state index in [2.05, 4.69) is 17.1 Å². The minimum Gasteiger partial charge on any atom is -0.380 e. The minimum absolute atomic E-state index is 0.0378. The number of fused-ring (bicyclic) bond motifs is 2. The number of aromatic nitrogens is 1. The Balaban J connectivity index is 1.36. The molecule has 0 saturated heterocycles. The van der Waals surface area contributed by atoms with Gasteiger partial charge < -0.3 is 4.18 Å². The molecule has 0 radical (unpaired) electrons. The predicted octanol–water partition coefficient (Wildman–Crippen LogP) is 4.34. The predicted molar refractivity (Wildman–Crippen MR) is 123 cm³/mol. The van der Waals surface area contributed by atoms with Crippen LogP contribution < -0.4 is 4.18 Å². The molecule has 33 heavy (non-hydrogen) atoms. The third-order valence-corrected chi connectivity index (χ3v) is 9.84. The molecule has 2 aromatic rings. The van der Waals surface area contributed by atoms with Gasteiger partial charge in [0.25, 0.3) is 0 Å². The Bertz CT molecular complexity index is 1240. The number of hydrogen-bond acceptors (Lipinski definition) is 6. The fourth-order valence-electron chi connectivity index (χ4n) is 6.50. The van der Waals surface area contributed by atoms with Crippen LogP contribution in [-0.4, -0.2) is 30.2 Å². The van der Waals surface area contributed by atoms with Crippen molar-refractivity contribution in [1.29, 1.82) is 0 Å². The smallest absolute Gasteiger partial charge is 0.312 e. The summed E-state index contributed by atoms with van der Waals surface area (Å²) in [6.45, 7) is 0. The summed E-state index contributed by atoms with van der Waals surface area (Å²) in [6.07, 6.45) is 10.2. The highest BCUT2D eigenvalue weighted by molar-refractivity contribution is 7.87. The van der Waals surface area contributed by atoms with Gasteiger partial charge >= 0.3 is 10.1 Å². The zero-order chi connectivity index (χ0) is 22.7. The SMILES string of the molecule is O=C1C(c2ccc3cccc(OS(=O)(=O)C4CCCCC4)c3n2)C(=O)C2C3C=CC(CC3)C12. The molecule has 3 saturated carbocycles. The van der Waals surface area contributed by atoms with Crippen molar-refractivity contribution in [2.45, 2.75) is 56.1 Å². The highest BCUT2D eigenvalue weighted by Crippen LogP contribution is 2.53. The monoisotopic (exact) mass is 465 g/mol. The summed E-state index contributed by atoms with van der Waals surface area (Å²) in [6, 6.07) is 8.69. The second kappa shape index (κ2) is 7.76. The summed E-state index contributed by atoms with van der Waals surface area (Å²) in [5, 5.41) is 0.209. The number of hydrogen-bond donors (Lipinski definition) is 0. The van der Waals surface area contributed by atoms with E-state index in [4.69, 9.17) is 4.18 Å². The molecule has 3 fully saturated rings. The van der Waals surface area contributed by atoms with Crippen LogP contribution in [0.1, 0.15) is 56.6 Å². The van der Waals surface area contributed by atoms with Gasteiger partial charge in [-0.2, -0.15) is 8.42 Å². The zero-order valence-electron chi connectivity index (χ0n) is 18.4. The first kappa shape index (κ1) is 21.0. The number of Topliss-reactive ketones (excluding diaryl/α,β-unsaturated/α-hetero) is 2. The number of rotatable bonds is 4. The van der Waals surface area contributed by atoms with Crippen LogP contribution in [0.2, 0.25) is 0 Å². The van der Waals surface area contributed by atoms with Gasteiger partial charge in [0.1, 0.15) is 11.4 Å². The van der Waals surface area contributed by atoms with Gasteiger partial charge in [-0.3, -0.25) is 9.59 Å². The maximum Gasteiger partial charge on any atom is 0.312 e. The van der Waals surface area contributed by atoms with Crippen LogP contribution in [0.25, 0.3) is 10.9 Å². The molecule has 4 unspecified atom stereocenters. The van der Waals surface area contributed by atoms with Crippen molar-refractivity contribution in [1.82, 2.24) is 4.98 Å². The van der Waals surface area contributed by atoms with Crippen LogP contribution in [-0.2, 0) is 19.7 Å². The van der Waals surface area contributed by atoms with Gasteiger partial charge in [0, 0.05) is 17.2 Å². The molecule has 0 amide bonds. The Hall–Kier alpha value is -2.54. The molecule has 7 rings (SSSR count). The van der Waals surface area contributed by atoms with Crippen LogP contribution in [0.3, 0.4) is 0 Å². The Kier molecular flexibility index (Phi) is 4.94. The molecule has 0 aliphatic heterocycles. The summed E-state index contributed by atoms with van der Waals surface area (Å²) < 4.78 is 31.5. The Labute approximate surface area is 193 Å². The molecule has 4 atom stereocenters. The highest BCUT2D eigenvalue weighted by atomic mass is 32.2. The largest absolute Gasteiger partial charge is 0.380 e. The number of carbonyl (C=O) groups excluding carboxylic acids is 2. The molecule has 0 spiro atoms. The number of pyridine rings is 1. The third kappa shape index (κ3) is 3.35.